The van der Waals surface area contributed by atoms with Gasteiger partial charge in [0.25, 0.3) is 0 Å². The quantitative estimate of drug-likeness (QED) is 0.456. The zero-order chi connectivity index (χ0) is 18.3. The predicted octanol–water partition coefficient (Wildman–Crippen LogP) is 5.35. The number of halogens is 4. The lowest BCUT2D eigenvalue weighted by Gasteiger charge is -2.06. The Labute approximate surface area is 155 Å². The van der Waals surface area contributed by atoms with E-state index in [0.29, 0.717) is 17.8 Å². The van der Waals surface area contributed by atoms with E-state index in [1.165, 1.54) is 0 Å². The molecule has 0 unspecified atom stereocenters. The van der Waals surface area contributed by atoms with Crippen LogP contribution >= 0.6 is 15.9 Å². The van der Waals surface area contributed by atoms with Crippen molar-refractivity contribution in [3.63, 3.8) is 0 Å². The minimum atomic E-state index is -1.29. The Kier molecular flexibility index (Phi) is 4.24. The van der Waals surface area contributed by atoms with Crippen molar-refractivity contribution in [1.29, 1.82) is 0 Å². The molecular weight excluding hydrogens is 407 g/mol. The second-order valence-corrected chi connectivity index (χ2v) is 6.67. The third kappa shape index (κ3) is 2.99. The van der Waals surface area contributed by atoms with Crippen molar-refractivity contribution in [2.24, 2.45) is 0 Å². The van der Waals surface area contributed by atoms with E-state index in [2.05, 4.69) is 30.9 Å². The fourth-order valence-electron chi connectivity index (χ4n) is 2.77. The third-order valence-corrected chi connectivity index (χ3v) is 4.56. The summed E-state index contributed by atoms with van der Waals surface area (Å²) in [6, 6.07) is 11.0. The molecular formula is C19H11BrF3N3. The number of aromatic amines is 1. The smallest absolute Gasteiger partial charge is 0.172 e. The fraction of sp³-hybridized carbons (Fsp3) is 0.0526. The minimum Gasteiger partial charge on any atom is -0.363 e. The first-order valence-electron chi connectivity index (χ1n) is 7.75. The van der Waals surface area contributed by atoms with Crippen LogP contribution in [-0.4, -0.2) is 15.0 Å². The summed E-state index contributed by atoms with van der Waals surface area (Å²) in [5, 5.41) is 0. The van der Waals surface area contributed by atoms with E-state index in [-0.39, 0.29) is 5.82 Å². The molecule has 4 rings (SSSR count). The Morgan fingerprint density at radius 1 is 0.885 bits per heavy atom. The van der Waals surface area contributed by atoms with Gasteiger partial charge in [0.15, 0.2) is 17.5 Å². The van der Waals surface area contributed by atoms with Crippen molar-refractivity contribution in [2.45, 2.75) is 6.42 Å². The number of benzene rings is 2. The van der Waals surface area contributed by atoms with E-state index < -0.39 is 23.0 Å². The topological polar surface area (TPSA) is 41.6 Å². The normalized spacial score (nSPS) is 11.2. The molecule has 2 aliphatic rings. The van der Waals surface area contributed by atoms with Crippen LogP contribution in [0.5, 0.6) is 0 Å². The maximum Gasteiger partial charge on any atom is 0.172 e. The molecule has 2 aromatic carbocycles. The Morgan fingerprint density at radius 2 is 1.62 bits per heavy atom. The van der Waals surface area contributed by atoms with Crippen molar-refractivity contribution >= 4 is 15.9 Å². The number of hydrogen-bond acceptors (Lipinski definition) is 2. The SMILES string of the molecule is Fc1ccc(F)c(-c2nc3cc[nH]c(Cc4ccc(Br)cc4)c-3n2)c1F. The van der Waals surface area contributed by atoms with Gasteiger partial charge in [-0.15, -0.1) is 0 Å². The van der Waals surface area contributed by atoms with Gasteiger partial charge in [0.05, 0.1) is 11.3 Å². The number of fused-ring (bicyclic) bond motifs is 1. The zero-order valence-corrected chi connectivity index (χ0v) is 14.8. The summed E-state index contributed by atoms with van der Waals surface area (Å²) in [6.07, 6.45) is 2.23. The first kappa shape index (κ1) is 16.8. The summed E-state index contributed by atoms with van der Waals surface area (Å²) in [6.45, 7) is 0. The van der Waals surface area contributed by atoms with E-state index in [9.17, 15) is 13.2 Å². The lowest BCUT2D eigenvalue weighted by Crippen LogP contribution is -1.97. The van der Waals surface area contributed by atoms with Gasteiger partial charge in [-0.05, 0) is 35.9 Å². The fourth-order valence-corrected chi connectivity index (χ4v) is 3.03. The Balaban J connectivity index is 1.80. The molecule has 2 aliphatic heterocycles. The number of hydrogen-bond donors (Lipinski definition) is 1. The second kappa shape index (κ2) is 6.57. The molecule has 0 saturated carbocycles. The molecule has 0 atom stereocenters. The molecule has 1 N–H and O–H groups in total. The molecule has 0 bridgehead atoms. The lowest BCUT2D eigenvalue weighted by atomic mass is 10.1. The van der Waals surface area contributed by atoms with Crippen molar-refractivity contribution in [3.8, 4) is 22.8 Å². The van der Waals surface area contributed by atoms with Crippen LogP contribution in [0.15, 0.2) is 53.1 Å². The van der Waals surface area contributed by atoms with Crippen LogP contribution in [0.2, 0.25) is 0 Å². The first-order valence-corrected chi connectivity index (χ1v) is 8.54. The molecule has 0 aromatic heterocycles. The van der Waals surface area contributed by atoms with Crippen molar-refractivity contribution < 1.29 is 13.2 Å². The monoisotopic (exact) mass is 417 g/mol. The van der Waals surface area contributed by atoms with E-state index in [1.807, 2.05) is 24.3 Å². The molecule has 2 aromatic rings. The summed E-state index contributed by atoms with van der Waals surface area (Å²) in [5.41, 5.74) is 2.20. The van der Waals surface area contributed by atoms with Crippen LogP contribution in [0.3, 0.4) is 0 Å². The van der Waals surface area contributed by atoms with Crippen LogP contribution in [0.25, 0.3) is 22.8 Å². The van der Waals surface area contributed by atoms with Gasteiger partial charge in [-0.2, -0.15) is 0 Å². The molecule has 7 heteroatoms. The highest BCUT2D eigenvalue weighted by Gasteiger charge is 2.23. The highest BCUT2D eigenvalue weighted by molar-refractivity contribution is 9.10. The molecule has 0 spiro atoms. The standard InChI is InChI=1S/C19H11BrF3N3/c20-11-3-1-10(2-4-11)9-15-18-14(7-8-24-15)25-19(26-18)16-12(21)5-6-13(22)17(16)23/h1-8,24H,9H2. The average molecular weight is 418 g/mol. The van der Waals surface area contributed by atoms with Crippen LogP contribution < -0.4 is 0 Å². The summed E-state index contributed by atoms with van der Waals surface area (Å²) in [5.74, 6) is -3.51. The van der Waals surface area contributed by atoms with Gasteiger partial charge in [-0.25, -0.2) is 23.1 Å². The number of pyridine rings is 1. The molecule has 0 amide bonds. The maximum atomic E-state index is 14.1. The zero-order valence-electron chi connectivity index (χ0n) is 13.2. The number of nitrogens with zero attached hydrogens (tertiary/aromatic N) is 2. The number of H-pyrrole nitrogens is 1. The highest BCUT2D eigenvalue weighted by atomic mass is 79.9. The summed E-state index contributed by atoms with van der Waals surface area (Å²) >= 11 is 3.39. The Morgan fingerprint density at radius 3 is 2.38 bits per heavy atom. The van der Waals surface area contributed by atoms with Gasteiger partial charge < -0.3 is 4.98 Å². The molecule has 130 valence electrons. The van der Waals surface area contributed by atoms with Crippen molar-refractivity contribution in [3.05, 3.63) is 81.8 Å². The minimum absolute atomic E-state index is 0.175. The molecule has 0 fully saturated rings. The molecule has 26 heavy (non-hydrogen) atoms. The van der Waals surface area contributed by atoms with Crippen LogP contribution in [-0.2, 0) is 6.42 Å². The van der Waals surface area contributed by atoms with Gasteiger partial charge in [0, 0.05) is 22.8 Å². The van der Waals surface area contributed by atoms with Gasteiger partial charge in [0.2, 0.25) is 0 Å². The van der Waals surface area contributed by atoms with Gasteiger partial charge in [-0.3, -0.25) is 0 Å². The summed E-state index contributed by atoms with van der Waals surface area (Å²) < 4.78 is 42.5. The molecule has 3 nitrogen and oxygen atoms in total. The van der Waals surface area contributed by atoms with E-state index in [4.69, 9.17) is 0 Å². The van der Waals surface area contributed by atoms with Crippen molar-refractivity contribution in [1.82, 2.24) is 15.0 Å². The highest BCUT2D eigenvalue weighted by Crippen LogP contribution is 2.31. The van der Waals surface area contributed by atoms with Crippen molar-refractivity contribution in [2.75, 3.05) is 0 Å². The number of imidazole rings is 1. The average Bonchev–Trinajstić information content (AvgIpc) is 3.05. The Bertz CT molecular complexity index is 1060. The third-order valence-electron chi connectivity index (χ3n) is 4.03. The van der Waals surface area contributed by atoms with Crippen LogP contribution in [0.4, 0.5) is 13.2 Å². The van der Waals surface area contributed by atoms with E-state index >= 15 is 0 Å². The van der Waals surface area contributed by atoms with Gasteiger partial charge >= 0.3 is 0 Å². The Hall–Kier alpha value is -2.67. The van der Waals surface area contributed by atoms with Gasteiger partial charge in [0.1, 0.15) is 11.5 Å². The summed E-state index contributed by atoms with van der Waals surface area (Å²) in [4.78, 5) is 11.5. The molecule has 0 radical (unpaired) electrons. The number of nitrogens with one attached hydrogen (secondary N) is 1. The number of rotatable bonds is 3. The van der Waals surface area contributed by atoms with Crippen LogP contribution in [0.1, 0.15) is 11.3 Å². The predicted molar refractivity (Wildman–Crippen MR) is 95.3 cm³/mol. The van der Waals surface area contributed by atoms with E-state index in [0.717, 1.165) is 27.9 Å². The van der Waals surface area contributed by atoms with Crippen LogP contribution in [0, 0.1) is 17.5 Å². The maximum absolute atomic E-state index is 14.1. The second-order valence-electron chi connectivity index (χ2n) is 5.76. The largest absolute Gasteiger partial charge is 0.363 e. The van der Waals surface area contributed by atoms with Gasteiger partial charge in [-0.1, -0.05) is 28.1 Å². The van der Waals surface area contributed by atoms with E-state index in [1.54, 1.807) is 12.3 Å². The molecule has 0 saturated heterocycles. The lowest BCUT2D eigenvalue weighted by molar-refractivity contribution is 0.498. The number of aromatic nitrogens is 3. The molecule has 2 heterocycles. The summed E-state index contributed by atoms with van der Waals surface area (Å²) in [7, 11) is 0. The molecule has 0 aliphatic carbocycles. The first-order chi connectivity index (χ1) is 12.5.